The van der Waals surface area contributed by atoms with Crippen LogP contribution >= 0.6 is 0 Å². The molecule has 0 radical (unpaired) electrons. The van der Waals surface area contributed by atoms with Crippen molar-refractivity contribution in [2.75, 3.05) is 0 Å². The fraction of sp³-hybridized carbons (Fsp3) is 0.333. The van der Waals surface area contributed by atoms with Crippen LogP contribution in [-0.2, 0) is 7.05 Å². The SMILES string of the molecule is CC(N)c1cncn1-c1ccn(C)n1. The maximum absolute atomic E-state index is 5.81. The summed E-state index contributed by atoms with van der Waals surface area (Å²) in [7, 11) is 1.88. The van der Waals surface area contributed by atoms with Gasteiger partial charge in [-0.05, 0) is 6.92 Å². The molecule has 5 nitrogen and oxygen atoms in total. The van der Waals surface area contributed by atoms with Crippen LogP contribution in [0.1, 0.15) is 18.7 Å². The van der Waals surface area contributed by atoms with E-state index in [0.717, 1.165) is 11.5 Å². The van der Waals surface area contributed by atoms with E-state index in [-0.39, 0.29) is 6.04 Å². The van der Waals surface area contributed by atoms with Crippen molar-refractivity contribution < 1.29 is 0 Å². The summed E-state index contributed by atoms with van der Waals surface area (Å²) in [6.45, 7) is 1.93. The van der Waals surface area contributed by atoms with Crippen molar-refractivity contribution in [3.63, 3.8) is 0 Å². The van der Waals surface area contributed by atoms with Gasteiger partial charge in [-0.25, -0.2) is 4.98 Å². The molecule has 0 fully saturated rings. The van der Waals surface area contributed by atoms with Crippen LogP contribution in [0.2, 0.25) is 0 Å². The number of nitrogens with zero attached hydrogens (tertiary/aromatic N) is 4. The van der Waals surface area contributed by atoms with Gasteiger partial charge in [0.2, 0.25) is 0 Å². The molecule has 0 saturated carbocycles. The second kappa shape index (κ2) is 3.26. The van der Waals surface area contributed by atoms with Crippen LogP contribution in [0.4, 0.5) is 0 Å². The average molecular weight is 191 g/mol. The molecule has 74 valence electrons. The Hall–Kier alpha value is -1.62. The largest absolute Gasteiger partial charge is 0.323 e. The molecule has 1 unspecified atom stereocenters. The maximum atomic E-state index is 5.81. The lowest BCUT2D eigenvalue weighted by Crippen LogP contribution is -2.11. The molecule has 0 aromatic carbocycles. The van der Waals surface area contributed by atoms with Gasteiger partial charge >= 0.3 is 0 Å². The van der Waals surface area contributed by atoms with E-state index in [1.165, 1.54) is 0 Å². The van der Waals surface area contributed by atoms with E-state index in [1.807, 2.05) is 30.8 Å². The Morgan fingerprint density at radius 1 is 1.50 bits per heavy atom. The monoisotopic (exact) mass is 191 g/mol. The first-order valence-corrected chi connectivity index (χ1v) is 4.46. The number of rotatable bonds is 2. The van der Waals surface area contributed by atoms with Crippen LogP contribution in [0.3, 0.4) is 0 Å². The van der Waals surface area contributed by atoms with E-state index in [1.54, 1.807) is 17.2 Å². The third-order valence-electron chi connectivity index (χ3n) is 2.08. The highest BCUT2D eigenvalue weighted by molar-refractivity contribution is 5.24. The van der Waals surface area contributed by atoms with E-state index in [2.05, 4.69) is 10.1 Å². The van der Waals surface area contributed by atoms with Gasteiger partial charge in [0.1, 0.15) is 6.33 Å². The third-order valence-corrected chi connectivity index (χ3v) is 2.08. The molecule has 0 amide bonds. The zero-order valence-corrected chi connectivity index (χ0v) is 8.25. The second-order valence-corrected chi connectivity index (χ2v) is 3.32. The Labute approximate surface area is 82.2 Å². The van der Waals surface area contributed by atoms with Gasteiger partial charge in [-0.3, -0.25) is 9.25 Å². The first kappa shape index (κ1) is 8.96. The number of nitrogens with two attached hydrogens (primary N) is 1. The third kappa shape index (κ3) is 1.42. The van der Waals surface area contributed by atoms with E-state index >= 15 is 0 Å². The molecule has 2 aromatic rings. The van der Waals surface area contributed by atoms with Crippen LogP contribution in [-0.4, -0.2) is 19.3 Å². The predicted molar refractivity (Wildman–Crippen MR) is 52.9 cm³/mol. The molecule has 5 heteroatoms. The minimum absolute atomic E-state index is 0.0421. The molecule has 14 heavy (non-hydrogen) atoms. The van der Waals surface area contributed by atoms with Crippen LogP contribution in [0.15, 0.2) is 24.8 Å². The normalized spacial score (nSPS) is 13.1. The fourth-order valence-corrected chi connectivity index (χ4v) is 1.36. The molecular weight excluding hydrogens is 178 g/mol. The van der Waals surface area contributed by atoms with Gasteiger partial charge in [-0.1, -0.05) is 0 Å². The first-order chi connectivity index (χ1) is 6.68. The number of aromatic nitrogens is 4. The summed E-state index contributed by atoms with van der Waals surface area (Å²) in [4.78, 5) is 4.06. The van der Waals surface area contributed by atoms with Crippen molar-refractivity contribution in [2.45, 2.75) is 13.0 Å². The molecule has 0 spiro atoms. The summed E-state index contributed by atoms with van der Waals surface area (Å²) >= 11 is 0. The zero-order chi connectivity index (χ0) is 10.1. The highest BCUT2D eigenvalue weighted by Gasteiger charge is 2.09. The lowest BCUT2D eigenvalue weighted by molar-refractivity contribution is 0.715. The van der Waals surface area contributed by atoms with Gasteiger partial charge in [0.15, 0.2) is 5.82 Å². The highest BCUT2D eigenvalue weighted by Crippen LogP contribution is 2.13. The molecule has 2 rings (SSSR count). The van der Waals surface area contributed by atoms with Gasteiger partial charge < -0.3 is 5.73 Å². The summed E-state index contributed by atoms with van der Waals surface area (Å²) < 4.78 is 3.64. The zero-order valence-electron chi connectivity index (χ0n) is 8.25. The molecule has 1 atom stereocenters. The van der Waals surface area contributed by atoms with Crippen molar-refractivity contribution in [2.24, 2.45) is 12.8 Å². The number of imidazole rings is 1. The standard InChI is InChI=1S/C9H13N5/c1-7(10)8-5-11-6-14(8)9-3-4-13(2)12-9/h3-7H,10H2,1-2H3. The second-order valence-electron chi connectivity index (χ2n) is 3.32. The lowest BCUT2D eigenvalue weighted by Gasteiger charge is -2.07. The summed E-state index contributed by atoms with van der Waals surface area (Å²) in [5, 5.41) is 4.28. The number of hydrogen-bond acceptors (Lipinski definition) is 3. The molecule has 0 bridgehead atoms. The molecule has 2 heterocycles. The van der Waals surface area contributed by atoms with E-state index in [4.69, 9.17) is 5.73 Å². The molecule has 0 aliphatic heterocycles. The maximum Gasteiger partial charge on any atom is 0.160 e. The van der Waals surface area contributed by atoms with Crippen molar-refractivity contribution >= 4 is 0 Å². The number of aryl methyl sites for hydroxylation is 1. The molecule has 0 aliphatic rings. The Bertz CT molecular complexity index is 426. The van der Waals surface area contributed by atoms with Crippen LogP contribution in [0.25, 0.3) is 5.82 Å². The van der Waals surface area contributed by atoms with Gasteiger partial charge in [-0.2, -0.15) is 5.10 Å². The van der Waals surface area contributed by atoms with E-state index in [0.29, 0.717) is 0 Å². The fourth-order valence-electron chi connectivity index (χ4n) is 1.36. The summed E-state index contributed by atoms with van der Waals surface area (Å²) in [6, 6.07) is 1.88. The minimum atomic E-state index is -0.0421. The van der Waals surface area contributed by atoms with Crippen molar-refractivity contribution in [1.82, 2.24) is 19.3 Å². The average Bonchev–Trinajstić information content (AvgIpc) is 2.70. The quantitative estimate of drug-likeness (QED) is 0.757. The van der Waals surface area contributed by atoms with Gasteiger partial charge in [0, 0.05) is 25.4 Å². The van der Waals surface area contributed by atoms with Crippen molar-refractivity contribution in [1.29, 1.82) is 0 Å². The summed E-state index contributed by atoms with van der Waals surface area (Å²) in [5.41, 5.74) is 6.77. The van der Waals surface area contributed by atoms with E-state index in [9.17, 15) is 0 Å². The van der Waals surface area contributed by atoms with Crippen LogP contribution < -0.4 is 5.73 Å². The minimum Gasteiger partial charge on any atom is -0.323 e. The van der Waals surface area contributed by atoms with Crippen LogP contribution in [0.5, 0.6) is 0 Å². The topological polar surface area (TPSA) is 61.7 Å². The summed E-state index contributed by atoms with van der Waals surface area (Å²) in [5.74, 6) is 0.845. The van der Waals surface area contributed by atoms with Crippen LogP contribution in [0, 0.1) is 0 Å². The van der Waals surface area contributed by atoms with Crippen molar-refractivity contribution in [3.05, 3.63) is 30.5 Å². The summed E-state index contributed by atoms with van der Waals surface area (Å²) in [6.07, 6.45) is 5.38. The first-order valence-electron chi connectivity index (χ1n) is 4.46. The van der Waals surface area contributed by atoms with Gasteiger partial charge in [0.25, 0.3) is 0 Å². The molecule has 0 saturated heterocycles. The Kier molecular flexibility index (Phi) is 2.09. The smallest absolute Gasteiger partial charge is 0.160 e. The molecular formula is C9H13N5. The molecule has 2 aromatic heterocycles. The van der Waals surface area contributed by atoms with Gasteiger partial charge in [0.05, 0.1) is 11.9 Å². The Morgan fingerprint density at radius 2 is 2.29 bits per heavy atom. The van der Waals surface area contributed by atoms with Crippen molar-refractivity contribution in [3.8, 4) is 5.82 Å². The number of hydrogen-bond donors (Lipinski definition) is 1. The highest BCUT2D eigenvalue weighted by atomic mass is 15.3. The Balaban J connectivity index is 2.46. The predicted octanol–water partition coefficient (Wildman–Crippen LogP) is 0.626. The Morgan fingerprint density at radius 3 is 2.86 bits per heavy atom. The lowest BCUT2D eigenvalue weighted by atomic mass is 10.3. The molecule has 0 aliphatic carbocycles. The molecule has 2 N–H and O–H groups in total. The van der Waals surface area contributed by atoms with E-state index < -0.39 is 0 Å². The van der Waals surface area contributed by atoms with Gasteiger partial charge in [-0.15, -0.1) is 0 Å².